The molecule has 0 aromatic rings. The smallest absolute Gasteiger partial charge is 0.104 e. The Kier molecular flexibility index (Phi) is 8.63. The Morgan fingerprint density at radius 2 is 1.83 bits per heavy atom. The van der Waals surface area contributed by atoms with Gasteiger partial charge in [0.05, 0.1) is 18.8 Å². The summed E-state index contributed by atoms with van der Waals surface area (Å²) in [7, 11) is 0. The van der Waals surface area contributed by atoms with Gasteiger partial charge in [0.2, 0.25) is 0 Å². The lowest BCUT2D eigenvalue weighted by Gasteiger charge is -2.35. The van der Waals surface area contributed by atoms with Crippen LogP contribution in [0.5, 0.6) is 0 Å². The molecule has 0 aliphatic heterocycles. The molecule has 0 radical (unpaired) electrons. The molecule has 24 heavy (non-hydrogen) atoms. The van der Waals surface area contributed by atoms with E-state index in [-0.39, 0.29) is 12.2 Å². The van der Waals surface area contributed by atoms with E-state index in [4.69, 9.17) is 5.11 Å². The van der Waals surface area contributed by atoms with Crippen LogP contribution >= 0.6 is 0 Å². The van der Waals surface area contributed by atoms with Crippen LogP contribution in [0.2, 0.25) is 0 Å². The van der Waals surface area contributed by atoms with Crippen LogP contribution in [0.4, 0.5) is 0 Å². The molecule has 0 aromatic heterocycles. The van der Waals surface area contributed by atoms with E-state index in [0.717, 1.165) is 12.0 Å². The fraction of sp³-hybridized carbons (Fsp3) is 0.600. The van der Waals surface area contributed by atoms with Crippen molar-refractivity contribution in [2.45, 2.75) is 52.4 Å². The van der Waals surface area contributed by atoms with Crippen molar-refractivity contribution < 1.29 is 20.4 Å². The lowest BCUT2D eigenvalue weighted by atomic mass is 9.78. The zero-order chi connectivity index (χ0) is 18.3. The molecule has 0 amide bonds. The van der Waals surface area contributed by atoms with Crippen molar-refractivity contribution in [3.05, 3.63) is 47.6 Å². The van der Waals surface area contributed by atoms with E-state index in [1.165, 1.54) is 6.08 Å². The van der Waals surface area contributed by atoms with E-state index in [0.29, 0.717) is 11.8 Å². The maximum absolute atomic E-state index is 10.2. The third-order valence-corrected chi connectivity index (χ3v) is 4.35. The molecule has 0 spiro atoms. The fourth-order valence-corrected chi connectivity index (χ4v) is 2.85. The van der Waals surface area contributed by atoms with Crippen LogP contribution in [0.15, 0.2) is 47.6 Å². The average Bonchev–Trinajstić information content (AvgIpc) is 2.50. The van der Waals surface area contributed by atoms with Gasteiger partial charge in [-0.2, -0.15) is 0 Å². The van der Waals surface area contributed by atoms with Gasteiger partial charge >= 0.3 is 0 Å². The number of aliphatic hydroxyl groups excluding tert-OH is 4. The molecule has 5 atom stereocenters. The second-order valence-corrected chi connectivity index (χ2v) is 7.06. The predicted octanol–water partition coefficient (Wildman–Crippen LogP) is 2.36. The Hall–Kier alpha value is -1.20. The minimum Gasteiger partial charge on any atom is -0.392 e. The van der Waals surface area contributed by atoms with E-state index in [9.17, 15) is 15.3 Å². The summed E-state index contributed by atoms with van der Waals surface area (Å²) in [6.45, 7) is 7.92. The Morgan fingerprint density at radius 3 is 2.42 bits per heavy atom. The van der Waals surface area contributed by atoms with Crippen LogP contribution in [-0.2, 0) is 0 Å². The second kappa shape index (κ2) is 9.94. The van der Waals surface area contributed by atoms with Gasteiger partial charge in [-0.3, -0.25) is 0 Å². The van der Waals surface area contributed by atoms with Crippen molar-refractivity contribution in [1.29, 1.82) is 0 Å². The highest BCUT2D eigenvalue weighted by Gasteiger charge is 2.37. The first-order chi connectivity index (χ1) is 11.3. The predicted molar refractivity (Wildman–Crippen MR) is 97.3 cm³/mol. The molecule has 0 fully saturated rings. The SMILES string of the molecule is C/C(=C\C=C\[C@H](C)/C=C\CC(C)C)[C@@H]1[C@@H](O)[C@H](O)C(CO)=C[C@@H]1O. The molecule has 136 valence electrons. The molecule has 0 saturated heterocycles. The second-order valence-electron chi connectivity index (χ2n) is 7.06. The van der Waals surface area contributed by atoms with Crippen LogP contribution in [0.1, 0.15) is 34.1 Å². The van der Waals surface area contributed by atoms with E-state index in [1.807, 2.05) is 25.2 Å². The first-order valence-corrected chi connectivity index (χ1v) is 8.65. The van der Waals surface area contributed by atoms with E-state index >= 15 is 0 Å². The summed E-state index contributed by atoms with van der Waals surface area (Å²) in [5.41, 5.74) is 1.05. The van der Waals surface area contributed by atoms with Gasteiger partial charge in [0.1, 0.15) is 6.10 Å². The summed E-state index contributed by atoms with van der Waals surface area (Å²) >= 11 is 0. The van der Waals surface area contributed by atoms with Crippen molar-refractivity contribution in [3.8, 4) is 0 Å². The first kappa shape index (κ1) is 20.8. The third-order valence-electron chi connectivity index (χ3n) is 4.35. The van der Waals surface area contributed by atoms with Crippen LogP contribution in [0, 0.1) is 17.8 Å². The molecular formula is C20H32O4. The van der Waals surface area contributed by atoms with Gasteiger partial charge in [-0.15, -0.1) is 0 Å². The lowest BCUT2D eigenvalue weighted by molar-refractivity contribution is -0.0346. The first-order valence-electron chi connectivity index (χ1n) is 8.65. The van der Waals surface area contributed by atoms with Crippen molar-refractivity contribution >= 4 is 0 Å². The van der Waals surface area contributed by atoms with Crippen LogP contribution in [-0.4, -0.2) is 45.3 Å². The zero-order valence-corrected chi connectivity index (χ0v) is 15.1. The molecule has 0 bridgehead atoms. The standard InChI is InChI=1S/C20H32O4/c1-13(2)7-5-8-14(3)9-6-10-15(4)18-17(22)11-16(12-21)19(23)20(18)24/h5-6,8-11,13-14,17-24H,7,12H2,1-4H3/b8-5-,9-6+,15-10+/t14-,17+,18+,19-,20-/m1/s1. The number of hydrogen-bond donors (Lipinski definition) is 4. The fourth-order valence-electron chi connectivity index (χ4n) is 2.85. The number of allylic oxidation sites excluding steroid dienone is 5. The maximum atomic E-state index is 10.2. The largest absolute Gasteiger partial charge is 0.392 e. The molecule has 4 N–H and O–H groups in total. The van der Waals surface area contributed by atoms with Crippen molar-refractivity contribution in [2.75, 3.05) is 6.61 Å². The average molecular weight is 336 g/mol. The van der Waals surface area contributed by atoms with Crippen molar-refractivity contribution in [3.63, 3.8) is 0 Å². The highest BCUT2D eigenvalue weighted by atomic mass is 16.3. The topological polar surface area (TPSA) is 80.9 Å². The quantitative estimate of drug-likeness (QED) is 0.425. The molecule has 0 aromatic carbocycles. The number of rotatable bonds is 7. The Balaban J connectivity index is 2.73. The highest BCUT2D eigenvalue weighted by Crippen LogP contribution is 2.30. The summed E-state index contributed by atoms with van der Waals surface area (Å²) in [5.74, 6) is 0.379. The summed E-state index contributed by atoms with van der Waals surface area (Å²) in [6.07, 6.45) is 9.46. The van der Waals surface area contributed by atoms with Crippen LogP contribution < -0.4 is 0 Å². The van der Waals surface area contributed by atoms with Gasteiger partial charge in [-0.25, -0.2) is 0 Å². The molecule has 0 unspecified atom stereocenters. The Morgan fingerprint density at radius 1 is 1.17 bits per heavy atom. The maximum Gasteiger partial charge on any atom is 0.104 e. The Labute approximate surface area is 145 Å². The highest BCUT2D eigenvalue weighted by molar-refractivity contribution is 5.27. The molecule has 4 heteroatoms. The molecule has 1 rings (SSSR count). The normalized spacial score (nSPS) is 30.4. The van der Waals surface area contributed by atoms with Gasteiger partial charge in [0.25, 0.3) is 0 Å². The summed E-state index contributed by atoms with van der Waals surface area (Å²) < 4.78 is 0. The molecule has 4 nitrogen and oxygen atoms in total. The minimum atomic E-state index is -1.14. The summed E-state index contributed by atoms with van der Waals surface area (Å²) in [6, 6.07) is 0. The molecule has 1 aliphatic carbocycles. The number of aliphatic hydroxyl groups is 4. The zero-order valence-electron chi connectivity index (χ0n) is 15.1. The van der Waals surface area contributed by atoms with E-state index in [1.54, 1.807) is 0 Å². The monoisotopic (exact) mass is 336 g/mol. The van der Waals surface area contributed by atoms with E-state index in [2.05, 4.69) is 32.9 Å². The third kappa shape index (κ3) is 6.02. The van der Waals surface area contributed by atoms with E-state index < -0.39 is 24.2 Å². The van der Waals surface area contributed by atoms with Gasteiger partial charge in [0.15, 0.2) is 0 Å². The summed E-state index contributed by atoms with van der Waals surface area (Å²) in [5, 5.41) is 39.5. The van der Waals surface area contributed by atoms with Gasteiger partial charge in [-0.1, -0.05) is 62.8 Å². The molecular weight excluding hydrogens is 304 g/mol. The Bertz CT molecular complexity index is 502. The van der Waals surface area contributed by atoms with Gasteiger partial charge in [-0.05, 0) is 30.8 Å². The lowest BCUT2D eigenvalue weighted by Crippen LogP contribution is -2.45. The summed E-state index contributed by atoms with van der Waals surface area (Å²) in [4.78, 5) is 0. The number of hydrogen-bond acceptors (Lipinski definition) is 4. The van der Waals surface area contributed by atoms with Crippen LogP contribution in [0.25, 0.3) is 0 Å². The van der Waals surface area contributed by atoms with Crippen molar-refractivity contribution in [2.24, 2.45) is 17.8 Å². The van der Waals surface area contributed by atoms with Crippen molar-refractivity contribution in [1.82, 2.24) is 0 Å². The van der Waals surface area contributed by atoms with Gasteiger partial charge < -0.3 is 20.4 Å². The molecule has 0 saturated carbocycles. The molecule has 0 heterocycles. The molecule has 1 aliphatic rings. The van der Waals surface area contributed by atoms with Crippen LogP contribution in [0.3, 0.4) is 0 Å². The van der Waals surface area contributed by atoms with Gasteiger partial charge in [0, 0.05) is 5.92 Å². The minimum absolute atomic E-state index is 0.263.